The molecule has 2 amide bonds. The average Bonchev–Trinajstić information content (AvgIpc) is 2.43. The van der Waals surface area contributed by atoms with Gasteiger partial charge in [-0.25, -0.2) is 4.79 Å². The lowest BCUT2D eigenvalue weighted by Crippen LogP contribution is -2.49. The smallest absolute Gasteiger partial charge is 0.317 e. The van der Waals surface area contributed by atoms with Gasteiger partial charge in [0.05, 0.1) is 11.5 Å². The normalized spacial score (nSPS) is 25.0. The van der Waals surface area contributed by atoms with E-state index >= 15 is 0 Å². The summed E-state index contributed by atoms with van der Waals surface area (Å²) in [5.74, 6) is -0.971. The number of aliphatic carboxylic acids is 1. The number of hydrogen-bond donors (Lipinski definition) is 2. The van der Waals surface area contributed by atoms with Crippen LogP contribution in [0.25, 0.3) is 0 Å². The van der Waals surface area contributed by atoms with Crippen LogP contribution in [0.15, 0.2) is 0 Å². The van der Waals surface area contributed by atoms with Gasteiger partial charge in [-0.2, -0.15) is 0 Å². The number of urea groups is 1. The van der Waals surface area contributed by atoms with Crippen molar-refractivity contribution in [2.45, 2.75) is 44.6 Å². The van der Waals surface area contributed by atoms with Crippen LogP contribution in [0.1, 0.15) is 39.0 Å². The largest absolute Gasteiger partial charge is 0.481 e. The number of nitrogens with one attached hydrogen (secondary N) is 1. The first kappa shape index (κ1) is 16.1. The van der Waals surface area contributed by atoms with Crippen molar-refractivity contribution in [2.75, 3.05) is 26.7 Å². The molecule has 1 saturated carbocycles. The summed E-state index contributed by atoms with van der Waals surface area (Å²) in [6.07, 6.45) is 5.55. The highest BCUT2D eigenvalue weighted by molar-refractivity contribution is 5.75. The second kappa shape index (κ2) is 6.64. The lowest BCUT2D eigenvalue weighted by Gasteiger charge is -2.47. The van der Waals surface area contributed by atoms with E-state index in [1.54, 1.807) is 14.0 Å². The zero-order valence-corrected chi connectivity index (χ0v) is 12.9. The van der Waals surface area contributed by atoms with E-state index in [2.05, 4.69) is 5.32 Å². The molecule has 0 aromatic heterocycles. The average molecular weight is 298 g/mol. The van der Waals surface area contributed by atoms with Gasteiger partial charge in [-0.05, 0) is 38.0 Å². The fourth-order valence-electron chi connectivity index (χ4n) is 3.16. The second-order valence-electron chi connectivity index (χ2n) is 6.55. The highest BCUT2D eigenvalue weighted by Crippen LogP contribution is 2.43. The molecule has 120 valence electrons. The van der Waals surface area contributed by atoms with Crippen molar-refractivity contribution in [3.8, 4) is 0 Å². The van der Waals surface area contributed by atoms with E-state index in [0.29, 0.717) is 12.5 Å². The molecule has 1 aliphatic heterocycles. The van der Waals surface area contributed by atoms with Crippen LogP contribution in [0.2, 0.25) is 0 Å². The Kier molecular flexibility index (Phi) is 5.08. The van der Waals surface area contributed by atoms with E-state index in [9.17, 15) is 9.59 Å². The Bertz CT molecular complexity index is 395. The Morgan fingerprint density at radius 1 is 1.48 bits per heavy atom. The van der Waals surface area contributed by atoms with Crippen molar-refractivity contribution in [1.82, 2.24) is 10.2 Å². The predicted octanol–water partition coefficient (Wildman–Crippen LogP) is 1.70. The van der Waals surface area contributed by atoms with Gasteiger partial charge >= 0.3 is 12.0 Å². The Balaban J connectivity index is 1.72. The van der Waals surface area contributed by atoms with Crippen LogP contribution in [0, 0.1) is 11.8 Å². The molecule has 1 saturated heterocycles. The minimum Gasteiger partial charge on any atom is -0.481 e. The summed E-state index contributed by atoms with van der Waals surface area (Å²) in [5, 5.41) is 11.8. The summed E-state index contributed by atoms with van der Waals surface area (Å²) in [6.45, 7) is 3.26. The molecule has 0 bridgehead atoms. The topological polar surface area (TPSA) is 78.9 Å². The Hall–Kier alpha value is -1.30. The minimum absolute atomic E-state index is 0.0946. The maximum Gasteiger partial charge on any atom is 0.317 e. The van der Waals surface area contributed by atoms with Crippen LogP contribution in [-0.2, 0) is 9.53 Å². The van der Waals surface area contributed by atoms with Gasteiger partial charge in [0.2, 0.25) is 0 Å². The molecule has 2 unspecified atom stereocenters. The summed E-state index contributed by atoms with van der Waals surface area (Å²) in [5.41, 5.74) is 0.0946. The highest BCUT2D eigenvalue weighted by Gasteiger charge is 2.42. The first-order valence-electron chi connectivity index (χ1n) is 7.77. The first-order valence-corrected chi connectivity index (χ1v) is 7.77. The van der Waals surface area contributed by atoms with Crippen molar-refractivity contribution in [3.05, 3.63) is 0 Å². The van der Waals surface area contributed by atoms with Gasteiger partial charge < -0.3 is 20.1 Å². The van der Waals surface area contributed by atoms with Crippen molar-refractivity contribution in [3.63, 3.8) is 0 Å². The zero-order valence-electron chi connectivity index (χ0n) is 12.9. The number of hydrogen-bond acceptors (Lipinski definition) is 3. The van der Waals surface area contributed by atoms with Crippen molar-refractivity contribution >= 4 is 12.0 Å². The number of nitrogens with zero attached hydrogens (tertiary/aromatic N) is 1. The van der Waals surface area contributed by atoms with Crippen LogP contribution in [-0.4, -0.2) is 54.4 Å². The maximum atomic E-state index is 12.0. The number of ether oxygens (including phenoxy) is 1. The van der Waals surface area contributed by atoms with Crippen LogP contribution >= 0.6 is 0 Å². The van der Waals surface area contributed by atoms with Gasteiger partial charge in [0, 0.05) is 26.7 Å². The van der Waals surface area contributed by atoms with Crippen LogP contribution in [0.3, 0.4) is 0 Å². The molecule has 0 aromatic rings. The van der Waals surface area contributed by atoms with Gasteiger partial charge in [-0.3, -0.25) is 4.79 Å². The maximum absolute atomic E-state index is 12.0. The number of amides is 2. The van der Waals surface area contributed by atoms with Crippen LogP contribution in [0.4, 0.5) is 4.79 Å². The molecule has 0 aromatic carbocycles. The number of carboxylic acid groups (broad SMARTS) is 1. The predicted molar refractivity (Wildman–Crippen MR) is 78.1 cm³/mol. The quantitative estimate of drug-likeness (QED) is 0.809. The number of rotatable bonds is 5. The molecular weight excluding hydrogens is 272 g/mol. The van der Waals surface area contributed by atoms with Crippen molar-refractivity contribution < 1.29 is 19.4 Å². The molecule has 1 heterocycles. The lowest BCUT2D eigenvalue weighted by atomic mass is 9.72. The summed E-state index contributed by atoms with van der Waals surface area (Å²) < 4.78 is 5.88. The third-order valence-corrected chi connectivity index (χ3v) is 4.72. The van der Waals surface area contributed by atoms with E-state index in [1.165, 1.54) is 11.3 Å². The number of carbonyl (C=O) groups is 2. The molecule has 6 nitrogen and oxygen atoms in total. The molecule has 2 N–H and O–H groups in total. The van der Waals surface area contributed by atoms with E-state index in [4.69, 9.17) is 9.84 Å². The first-order chi connectivity index (χ1) is 9.92. The third kappa shape index (κ3) is 4.09. The molecule has 6 heteroatoms. The minimum atomic E-state index is -0.883. The molecular formula is C15H26N2O4. The summed E-state index contributed by atoms with van der Waals surface area (Å²) in [7, 11) is 1.63. The van der Waals surface area contributed by atoms with Gasteiger partial charge in [0.1, 0.15) is 0 Å². The second-order valence-corrected chi connectivity index (χ2v) is 6.55. The molecule has 1 aliphatic carbocycles. The Labute approximate surface area is 125 Å². The summed E-state index contributed by atoms with van der Waals surface area (Å²) in [4.78, 5) is 24.2. The van der Waals surface area contributed by atoms with Crippen molar-refractivity contribution in [1.29, 1.82) is 0 Å². The van der Waals surface area contributed by atoms with E-state index in [0.717, 1.165) is 32.3 Å². The van der Waals surface area contributed by atoms with E-state index in [1.807, 2.05) is 0 Å². The Morgan fingerprint density at radius 2 is 2.19 bits per heavy atom. The number of carboxylic acids is 1. The lowest BCUT2D eigenvalue weighted by molar-refractivity contribution is -0.142. The molecule has 2 atom stereocenters. The highest BCUT2D eigenvalue weighted by atomic mass is 16.5. The van der Waals surface area contributed by atoms with Crippen molar-refractivity contribution in [2.24, 2.45) is 11.8 Å². The van der Waals surface area contributed by atoms with Crippen LogP contribution < -0.4 is 5.32 Å². The third-order valence-electron chi connectivity index (χ3n) is 4.72. The zero-order chi connectivity index (χ0) is 15.5. The monoisotopic (exact) mass is 298 g/mol. The fourth-order valence-corrected chi connectivity index (χ4v) is 3.16. The van der Waals surface area contributed by atoms with Gasteiger partial charge in [0.25, 0.3) is 0 Å². The molecule has 1 spiro atoms. The number of carbonyl (C=O) groups excluding carboxylic acids is 1. The van der Waals surface area contributed by atoms with Gasteiger partial charge in [0.15, 0.2) is 0 Å². The molecule has 0 radical (unpaired) electrons. The molecule has 2 aliphatic rings. The molecule has 2 rings (SSSR count). The van der Waals surface area contributed by atoms with Gasteiger partial charge in [-0.15, -0.1) is 0 Å². The SMILES string of the molecule is CC(CN(C)C(=O)NCC1CCOC2(CCC2)C1)C(=O)O. The standard InChI is InChI=1S/C15H26N2O4/c1-11(13(18)19)10-17(2)14(20)16-9-12-4-7-21-15(8-12)5-3-6-15/h11-12H,3-10H2,1-2H3,(H,16,20)(H,18,19). The Morgan fingerprint density at radius 3 is 2.76 bits per heavy atom. The van der Waals surface area contributed by atoms with Crippen LogP contribution in [0.5, 0.6) is 0 Å². The molecule has 2 fully saturated rings. The van der Waals surface area contributed by atoms with Gasteiger partial charge in [-0.1, -0.05) is 6.92 Å². The van der Waals surface area contributed by atoms with E-state index < -0.39 is 11.9 Å². The molecule has 21 heavy (non-hydrogen) atoms. The van der Waals surface area contributed by atoms with E-state index in [-0.39, 0.29) is 18.2 Å². The summed E-state index contributed by atoms with van der Waals surface area (Å²) in [6, 6.07) is -0.197. The fraction of sp³-hybridized carbons (Fsp3) is 0.867. The summed E-state index contributed by atoms with van der Waals surface area (Å²) >= 11 is 0.